The van der Waals surface area contributed by atoms with Crippen LogP contribution in [0, 0.1) is 10.1 Å². The van der Waals surface area contributed by atoms with Crippen molar-refractivity contribution < 1.29 is 13.3 Å². The Kier molecular flexibility index (Phi) is 5.46. The highest BCUT2D eigenvalue weighted by atomic mass is 35.5. The molecule has 0 atom stereocenters. The second-order valence-electron chi connectivity index (χ2n) is 4.50. The number of benzene rings is 1. The lowest BCUT2D eigenvalue weighted by Gasteiger charge is -2.29. The molecule has 1 aromatic carbocycles. The van der Waals surface area contributed by atoms with Crippen molar-refractivity contribution in [1.82, 2.24) is 4.31 Å². The fraction of sp³-hybridized carbons (Fsp3) is 0.455. The zero-order valence-corrected chi connectivity index (χ0v) is 12.3. The molecule has 2 N–H and O–H groups in total. The fourth-order valence-corrected chi connectivity index (χ4v) is 3.53. The van der Waals surface area contributed by atoms with Crippen LogP contribution in [0.4, 0.5) is 5.69 Å². The number of nitro benzene ring substituents is 1. The molecule has 0 spiro atoms. The Morgan fingerprint density at radius 2 is 1.90 bits per heavy atom. The van der Waals surface area contributed by atoms with Crippen molar-refractivity contribution in [1.29, 1.82) is 0 Å². The van der Waals surface area contributed by atoms with Gasteiger partial charge in [-0.2, -0.15) is 4.31 Å². The maximum atomic E-state index is 12.3. The van der Waals surface area contributed by atoms with E-state index >= 15 is 0 Å². The number of nitrogens with zero attached hydrogens (tertiary/aromatic N) is 2. The predicted octanol–water partition coefficient (Wildman–Crippen LogP) is 1.13. The molecule has 9 heteroatoms. The number of hydrogen-bond acceptors (Lipinski definition) is 5. The van der Waals surface area contributed by atoms with Gasteiger partial charge in [0.05, 0.1) is 9.82 Å². The van der Waals surface area contributed by atoms with Crippen LogP contribution in [0.25, 0.3) is 0 Å². The highest BCUT2D eigenvalue weighted by Gasteiger charge is 2.29. The van der Waals surface area contributed by atoms with Crippen LogP contribution in [0.2, 0.25) is 0 Å². The van der Waals surface area contributed by atoms with E-state index in [1.165, 1.54) is 22.5 Å². The van der Waals surface area contributed by atoms with E-state index in [1.54, 1.807) is 0 Å². The maximum absolute atomic E-state index is 12.3. The van der Waals surface area contributed by atoms with Crippen molar-refractivity contribution in [3.8, 4) is 0 Å². The topological polar surface area (TPSA) is 107 Å². The minimum Gasteiger partial charge on any atom is -0.328 e. The van der Waals surface area contributed by atoms with Crippen molar-refractivity contribution in [2.45, 2.75) is 23.8 Å². The van der Waals surface area contributed by atoms with Gasteiger partial charge in [0.15, 0.2) is 0 Å². The molecule has 1 aliphatic heterocycles. The molecule has 0 unspecified atom stereocenters. The van der Waals surface area contributed by atoms with Gasteiger partial charge in [-0.25, -0.2) is 8.42 Å². The molecule has 0 amide bonds. The van der Waals surface area contributed by atoms with E-state index in [0.29, 0.717) is 25.9 Å². The molecular weight excluding hydrogens is 306 g/mol. The lowest BCUT2D eigenvalue weighted by Crippen LogP contribution is -2.42. The SMILES string of the molecule is Cl.NC1CCN(S(=O)(=O)c2cccc([N+](=O)[O-])c2)CC1. The standard InChI is InChI=1S/C11H15N3O4S.ClH/c12-9-4-6-13(7-5-9)19(17,18)11-3-1-2-10(8-11)14(15)16;/h1-3,8-9H,4-7,12H2;1H. The lowest BCUT2D eigenvalue weighted by molar-refractivity contribution is -0.385. The van der Waals surface area contributed by atoms with Crippen molar-refractivity contribution in [2.75, 3.05) is 13.1 Å². The first-order chi connectivity index (χ1) is 8.91. The largest absolute Gasteiger partial charge is 0.328 e. The molecule has 1 saturated heterocycles. The summed E-state index contributed by atoms with van der Waals surface area (Å²) >= 11 is 0. The fourth-order valence-electron chi connectivity index (χ4n) is 2.02. The average Bonchev–Trinajstić information content (AvgIpc) is 2.39. The van der Waals surface area contributed by atoms with Gasteiger partial charge in [-0.05, 0) is 18.9 Å². The second-order valence-corrected chi connectivity index (χ2v) is 6.43. The summed E-state index contributed by atoms with van der Waals surface area (Å²) in [5.41, 5.74) is 5.50. The third-order valence-electron chi connectivity index (χ3n) is 3.16. The first-order valence-electron chi connectivity index (χ1n) is 5.91. The lowest BCUT2D eigenvalue weighted by atomic mass is 10.1. The van der Waals surface area contributed by atoms with Crippen molar-refractivity contribution in [3.05, 3.63) is 34.4 Å². The number of nitro groups is 1. The second kappa shape index (κ2) is 6.49. The van der Waals surface area contributed by atoms with Gasteiger partial charge in [0.25, 0.3) is 5.69 Å². The first kappa shape index (κ1) is 16.8. The summed E-state index contributed by atoms with van der Waals surface area (Å²) in [4.78, 5) is 10.0. The molecule has 0 bridgehead atoms. The molecule has 1 fully saturated rings. The average molecular weight is 322 g/mol. The van der Waals surface area contributed by atoms with Gasteiger partial charge in [0.2, 0.25) is 10.0 Å². The monoisotopic (exact) mass is 321 g/mol. The van der Waals surface area contributed by atoms with Gasteiger partial charge >= 0.3 is 0 Å². The van der Waals surface area contributed by atoms with Crippen LogP contribution in [0.3, 0.4) is 0 Å². The Hall–Kier alpha value is -1.22. The van der Waals surface area contributed by atoms with Gasteiger partial charge in [-0.3, -0.25) is 10.1 Å². The molecule has 7 nitrogen and oxygen atoms in total. The smallest absolute Gasteiger partial charge is 0.270 e. The Bertz CT molecular complexity index is 585. The number of hydrogen-bond donors (Lipinski definition) is 1. The molecular formula is C11H16ClN3O4S. The maximum Gasteiger partial charge on any atom is 0.270 e. The van der Waals surface area contributed by atoms with E-state index in [-0.39, 0.29) is 29.0 Å². The van der Waals surface area contributed by atoms with Crippen molar-refractivity contribution in [2.24, 2.45) is 5.73 Å². The number of halogens is 1. The number of nitrogens with two attached hydrogens (primary N) is 1. The summed E-state index contributed by atoms with van der Waals surface area (Å²) in [6.45, 7) is 0.707. The van der Waals surface area contributed by atoms with Crippen molar-refractivity contribution in [3.63, 3.8) is 0 Å². The highest BCUT2D eigenvalue weighted by Crippen LogP contribution is 2.23. The molecule has 1 heterocycles. The van der Waals surface area contributed by atoms with Crippen LogP contribution in [0.1, 0.15) is 12.8 Å². The van der Waals surface area contributed by atoms with E-state index in [0.717, 1.165) is 6.07 Å². The summed E-state index contributed by atoms with van der Waals surface area (Å²) in [7, 11) is -3.67. The van der Waals surface area contributed by atoms with Gasteiger partial charge in [0, 0.05) is 31.3 Å². The Balaban J connectivity index is 0.00000200. The molecule has 20 heavy (non-hydrogen) atoms. The van der Waals surface area contributed by atoms with Crippen LogP contribution in [-0.2, 0) is 10.0 Å². The zero-order valence-electron chi connectivity index (χ0n) is 10.6. The summed E-state index contributed by atoms with van der Waals surface area (Å²) in [5.74, 6) is 0. The summed E-state index contributed by atoms with van der Waals surface area (Å²) < 4.78 is 26.0. The van der Waals surface area contributed by atoms with Crippen LogP contribution in [-0.4, -0.2) is 36.8 Å². The van der Waals surface area contributed by atoms with Gasteiger partial charge in [-0.15, -0.1) is 12.4 Å². The minimum atomic E-state index is -3.67. The van der Waals surface area contributed by atoms with Crippen LogP contribution >= 0.6 is 12.4 Å². The Labute approximate surface area is 123 Å². The van der Waals surface area contributed by atoms with E-state index in [4.69, 9.17) is 5.73 Å². The predicted molar refractivity (Wildman–Crippen MR) is 76.3 cm³/mol. The molecule has 1 aromatic rings. The van der Waals surface area contributed by atoms with Crippen LogP contribution < -0.4 is 5.73 Å². The van der Waals surface area contributed by atoms with Crippen molar-refractivity contribution >= 4 is 28.1 Å². The van der Waals surface area contributed by atoms with Gasteiger partial charge in [-0.1, -0.05) is 6.07 Å². The molecule has 2 rings (SSSR count). The van der Waals surface area contributed by atoms with Crippen LogP contribution in [0.5, 0.6) is 0 Å². The van der Waals surface area contributed by atoms with E-state index in [2.05, 4.69) is 0 Å². The van der Waals surface area contributed by atoms with E-state index < -0.39 is 14.9 Å². The van der Waals surface area contributed by atoms with E-state index in [9.17, 15) is 18.5 Å². The number of rotatable bonds is 3. The Morgan fingerprint density at radius 1 is 1.30 bits per heavy atom. The number of piperidine rings is 1. The summed E-state index contributed by atoms with van der Waals surface area (Å²) in [5, 5.41) is 10.7. The van der Waals surface area contributed by atoms with Gasteiger partial charge in [0.1, 0.15) is 0 Å². The molecule has 0 aromatic heterocycles. The minimum absolute atomic E-state index is 0. The molecule has 0 aliphatic carbocycles. The third-order valence-corrected chi connectivity index (χ3v) is 5.06. The first-order valence-corrected chi connectivity index (χ1v) is 7.35. The quantitative estimate of drug-likeness (QED) is 0.663. The normalized spacial score (nSPS) is 17.4. The zero-order chi connectivity index (χ0) is 14.0. The van der Waals surface area contributed by atoms with Crippen LogP contribution in [0.15, 0.2) is 29.2 Å². The molecule has 0 saturated carbocycles. The number of non-ortho nitro benzene ring substituents is 1. The molecule has 1 aliphatic rings. The van der Waals surface area contributed by atoms with Gasteiger partial charge < -0.3 is 5.73 Å². The molecule has 0 radical (unpaired) electrons. The summed E-state index contributed by atoms with van der Waals surface area (Å²) in [6, 6.07) is 5.13. The molecule has 112 valence electrons. The van der Waals surface area contributed by atoms with E-state index in [1.807, 2.05) is 0 Å². The third kappa shape index (κ3) is 3.45. The highest BCUT2D eigenvalue weighted by molar-refractivity contribution is 7.89. The summed E-state index contributed by atoms with van der Waals surface area (Å²) in [6.07, 6.45) is 1.21. The Morgan fingerprint density at radius 3 is 2.45 bits per heavy atom. The number of sulfonamides is 1.